The van der Waals surface area contributed by atoms with E-state index in [1.165, 1.54) is 6.08 Å². The van der Waals surface area contributed by atoms with Crippen molar-refractivity contribution in [1.29, 1.82) is 0 Å². The Hall–Kier alpha value is -3.34. The first-order chi connectivity index (χ1) is 14.0. The molecule has 1 amide bonds. The maximum Gasteiger partial charge on any atom is 0.573 e. The van der Waals surface area contributed by atoms with Gasteiger partial charge in [0.15, 0.2) is 0 Å². The number of carboxylic acid groups (broad SMARTS) is 1. The molecule has 0 bridgehead atoms. The highest BCUT2D eigenvalue weighted by atomic mass is 32.2. The van der Waals surface area contributed by atoms with Crippen LogP contribution < -0.4 is 9.46 Å². The number of carbonyl (C=O) groups excluding carboxylic acids is 1. The second-order valence-electron chi connectivity index (χ2n) is 6.01. The van der Waals surface area contributed by atoms with Crippen LogP contribution in [0.4, 0.5) is 13.2 Å². The monoisotopic (exact) mass is 443 g/mol. The average molecular weight is 443 g/mol. The minimum absolute atomic E-state index is 0.198. The molecule has 2 rings (SSSR count). The SMILES string of the molecule is O=C(O)C(Cc1ccc(OC(F)(F)F)cc1)C(=O)NS(=O)(=O)C=Cc1ccccc1. The van der Waals surface area contributed by atoms with Crippen molar-refractivity contribution in [3.05, 3.63) is 71.1 Å². The number of carbonyl (C=O) groups is 2. The van der Waals surface area contributed by atoms with E-state index in [1.807, 2.05) is 0 Å². The molecule has 2 aromatic rings. The van der Waals surface area contributed by atoms with Gasteiger partial charge in [0.25, 0.3) is 10.0 Å². The van der Waals surface area contributed by atoms with Crippen molar-refractivity contribution in [2.24, 2.45) is 5.92 Å². The van der Waals surface area contributed by atoms with E-state index >= 15 is 0 Å². The molecule has 2 aromatic carbocycles. The van der Waals surface area contributed by atoms with Crippen LogP contribution in [0.15, 0.2) is 60.0 Å². The lowest BCUT2D eigenvalue weighted by atomic mass is 9.99. The Morgan fingerprint density at radius 2 is 1.67 bits per heavy atom. The number of sulfonamides is 1. The molecule has 11 heteroatoms. The zero-order valence-corrected chi connectivity index (χ0v) is 16.0. The smallest absolute Gasteiger partial charge is 0.481 e. The zero-order valence-electron chi connectivity index (χ0n) is 15.2. The van der Waals surface area contributed by atoms with Crippen LogP contribution in [0.3, 0.4) is 0 Å². The van der Waals surface area contributed by atoms with E-state index in [2.05, 4.69) is 4.74 Å². The molecule has 2 N–H and O–H groups in total. The van der Waals surface area contributed by atoms with Crippen LogP contribution in [0.1, 0.15) is 11.1 Å². The molecule has 1 unspecified atom stereocenters. The largest absolute Gasteiger partial charge is 0.573 e. The van der Waals surface area contributed by atoms with Gasteiger partial charge in [0.05, 0.1) is 5.41 Å². The van der Waals surface area contributed by atoms with Crippen LogP contribution in [0.5, 0.6) is 5.75 Å². The molecule has 0 aliphatic carbocycles. The topological polar surface area (TPSA) is 110 Å². The normalized spacial score (nSPS) is 13.0. The number of carboxylic acids is 1. The summed E-state index contributed by atoms with van der Waals surface area (Å²) in [4.78, 5) is 23.6. The highest BCUT2D eigenvalue weighted by molar-refractivity contribution is 7.93. The number of halogens is 3. The second-order valence-corrected chi connectivity index (χ2v) is 7.58. The quantitative estimate of drug-likeness (QED) is 0.607. The maximum atomic E-state index is 12.2. The molecule has 160 valence electrons. The summed E-state index contributed by atoms with van der Waals surface area (Å²) in [7, 11) is -4.27. The molecular formula is C19H16F3NO6S. The molecule has 1 atom stereocenters. The summed E-state index contributed by atoms with van der Waals surface area (Å²) < 4.78 is 66.0. The summed E-state index contributed by atoms with van der Waals surface area (Å²) >= 11 is 0. The van der Waals surface area contributed by atoms with Gasteiger partial charge in [-0.1, -0.05) is 42.5 Å². The number of hydrogen-bond donors (Lipinski definition) is 2. The third-order valence-electron chi connectivity index (χ3n) is 3.69. The maximum absolute atomic E-state index is 12.2. The van der Waals surface area contributed by atoms with Gasteiger partial charge in [-0.05, 0) is 35.8 Å². The first-order valence-electron chi connectivity index (χ1n) is 8.32. The van der Waals surface area contributed by atoms with Crippen molar-refractivity contribution in [3.8, 4) is 5.75 Å². The van der Waals surface area contributed by atoms with Gasteiger partial charge in [0, 0.05) is 0 Å². The Morgan fingerprint density at radius 1 is 1.07 bits per heavy atom. The van der Waals surface area contributed by atoms with Crippen LogP contribution in [-0.4, -0.2) is 31.8 Å². The third kappa shape index (κ3) is 7.59. The first kappa shape index (κ1) is 22.9. The Balaban J connectivity index is 2.07. The highest BCUT2D eigenvalue weighted by Crippen LogP contribution is 2.23. The third-order valence-corrected chi connectivity index (χ3v) is 4.67. The Morgan fingerprint density at radius 3 is 2.20 bits per heavy atom. The second kappa shape index (κ2) is 9.44. The number of nitrogens with one attached hydrogen (secondary N) is 1. The summed E-state index contributed by atoms with van der Waals surface area (Å²) in [5.74, 6) is -5.17. The van der Waals surface area contributed by atoms with Gasteiger partial charge < -0.3 is 9.84 Å². The summed E-state index contributed by atoms with van der Waals surface area (Å²) in [5.41, 5.74) is 0.746. The number of rotatable bonds is 8. The number of hydrogen-bond acceptors (Lipinski definition) is 5. The van der Waals surface area contributed by atoms with Crippen molar-refractivity contribution in [2.75, 3.05) is 0 Å². The average Bonchev–Trinajstić information content (AvgIpc) is 2.65. The van der Waals surface area contributed by atoms with Crippen LogP contribution in [0.2, 0.25) is 0 Å². The van der Waals surface area contributed by atoms with Crippen molar-refractivity contribution < 1.29 is 41.0 Å². The number of ether oxygens (including phenoxy) is 1. The van der Waals surface area contributed by atoms with E-state index in [-0.39, 0.29) is 5.56 Å². The van der Waals surface area contributed by atoms with Crippen LogP contribution in [-0.2, 0) is 26.0 Å². The van der Waals surface area contributed by atoms with E-state index in [0.717, 1.165) is 29.7 Å². The van der Waals surface area contributed by atoms with E-state index in [0.29, 0.717) is 5.56 Å². The first-order valence-corrected chi connectivity index (χ1v) is 9.87. The molecule has 30 heavy (non-hydrogen) atoms. The predicted molar refractivity (Wildman–Crippen MR) is 100 cm³/mol. The Bertz CT molecular complexity index is 1020. The number of aliphatic carboxylic acids is 1. The van der Waals surface area contributed by atoms with Gasteiger partial charge in [-0.3, -0.25) is 9.59 Å². The van der Waals surface area contributed by atoms with Gasteiger partial charge in [-0.2, -0.15) is 0 Å². The van der Waals surface area contributed by atoms with E-state index in [4.69, 9.17) is 0 Å². The van der Waals surface area contributed by atoms with Crippen molar-refractivity contribution in [3.63, 3.8) is 0 Å². The minimum Gasteiger partial charge on any atom is -0.481 e. The fourth-order valence-corrected chi connectivity index (χ4v) is 3.16. The molecule has 0 aliphatic heterocycles. The molecule has 0 aromatic heterocycles. The summed E-state index contributed by atoms with van der Waals surface area (Å²) in [6, 6.07) is 12.5. The highest BCUT2D eigenvalue weighted by Gasteiger charge is 2.31. The van der Waals surface area contributed by atoms with Crippen LogP contribution in [0.25, 0.3) is 6.08 Å². The van der Waals surface area contributed by atoms with Gasteiger partial charge in [-0.15, -0.1) is 13.2 Å². The summed E-state index contributed by atoms with van der Waals surface area (Å²) in [6.45, 7) is 0. The lowest BCUT2D eigenvalue weighted by molar-refractivity contribution is -0.274. The van der Waals surface area contributed by atoms with Crippen molar-refractivity contribution >= 4 is 28.0 Å². The van der Waals surface area contributed by atoms with Gasteiger partial charge >= 0.3 is 12.3 Å². The Kier molecular flexibility index (Phi) is 7.22. The molecule has 7 nitrogen and oxygen atoms in total. The summed E-state index contributed by atoms with van der Waals surface area (Å²) in [5, 5.41) is 9.99. The molecular weight excluding hydrogens is 427 g/mol. The molecule has 0 spiro atoms. The fourth-order valence-electron chi connectivity index (χ4n) is 2.33. The summed E-state index contributed by atoms with van der Waals surface area (Å²) in [6.07, 6.45) is -4.09. The van der Waals surface area contributed by atoms with Gasteiger partial charge in [0.1, 0.15) is 11.7 Å². The molecule has 0 saturated carbocycles. The minimum atomic E-state index is -4.88. The fraction of sp³-hybridized carbons (Fsp3) is 0.158. The Labute approximate surface area is 169 Å². The molecule has 0 aliphatic rings. The van der Waals surface area contributed by atoms with Crippen molar-refractivity contribution in [1.82, 2.24) is 4.72 Å². The predicted octanol–water partition coefficient (Wildman–Crippen LogP) is 2.95. The molecule has 0 heterocycles. The van der Waals surface area contributed by atoms with E-state index in [9.17, 15) is 36.3 Å². The number of benzene rings is 2. The van der Waals surface area contributed by atoms with Crippen molar-refractivity contribution in [2.45, 2.75) is 12.8 Å². The van der Waals surface area contributed by atoms with E-state index in [1.54, 1.807) is 35.1 Å². The number of alkyl halides is 3. The molecule has 0 saturated heterocycles. The molecule has 0 radical (unpaired) electrons. The van der Waals surface area contributed by atoms with Gasteiger partial charge in [0.2, 0.25) is 5.91 Å². The lowest BCUT2D eigenvalue weighted by Gasteiger charge is -2.13. The van der Waals surface area contributed by atoms with E-state index < -0.39 is 46.4 Å². The van der Waals surface area contributed by atoms with Gasteiger partial charge in [-0.25, -0.2) is 13.1 Å². The zero-order chi connectivity index (χ0) is 22.4. The molecule has 0 fully saturated rings. The number of amides is 1. The van der Waals surface area contributed by atoms with Crippen LogP contribution in [0, 0.1) is 5.92 Å². The van der Waals surface area contributed by atoms with Crippen LogP contribution >= 0.6 is 0 Å². The lowest BCUT2D eigenvalue weighted by Crippen LogP contribution is -2.39. The standard InChI is InChI=1S/C19H16F3NO6S/c20-19(21,22)29-15-8-6-14(7-9-15)12-16(18(25)26)17(24)23-30(27,28)11-10-13-4-2-1-3-5-13/h1-11,16H,12H2,(H,23,24)(H,25,26).